The maximum atomic E-state index is 12.7. The zero-order chi connectivity index (χ0) is 22.9. The number of anilines is 1. The van der Waals surface area contributed by atoms with Crippen molar-refractivity contribution in [1.82, 2.24) is 5.01 Å². The number of ether oxygens (including phenoxy) is 2. The van der Waals surface area contributed by atoms with E-state index in [1.165, 1.54) is 17.9 Å². The standard InChI is InChI=1S/C24H28ClN3O4/c1-28(24(30)18-8-10-19(11-9-18)27-23(29)13-14-25)26-16-17-7-12-21(31-2)22(15-17)32-20-5-3-4-6-20/h7-12,15-16,20H,3-6,13-14H2,1-2H3,(H,27,29). The summed E-state index contributed by atoms with van der Waals surface area (Å²) >= 11 is 5.56. The third-order valence-electron chi connectivity index (χ3n) is 5.19. The number of hydrazone groups is 1. The summed E-state index contributed by atoms with van der Waals surface area (Å²) in [7, 11) is 3.21. The Morgan fingerprint density at radius 1 is 1.16 bits per heavy atom. The fourth-order valence-electron chi connectivity index (χ4n) is 3.45. The van der Waals surface area contributed by atoms with Crippen LogP contribution < -0.4 is 14.8 Å². The lowest BCUT2D eigenvalue weighted by Crippen LogP contribution is -2.21. The summed E-state index contributed by atoms with van der Waals surface area (Å²) in [6, 6.07) is 12.2. The molecule has 2 aromatic rings. The van der Waals surface area contributed by atoms with E-state index in [0.717, 1.165) is 18.4 Å². The minimum atomic E-state index is -0.268. The van der Waals surface area contributed by atoms with E-state index in [1.807, 2.05) is 18.2 Å². The second-order valence-corrected chi connectivity index (χ2v) is 7.95. The smallest absolute Gasteiger partial charge is 0.273 e. The molecule has 2 amide bonds. The van der Waals surface area contributed by atoms with Gasteiger partial charge in [0.2, 0.25) is 5.91 Å². The number of nitrogens with zero attached hydrogens (tertiary/aromatic N) is 2. The van der Waals surface area contributed by atoms with Crippen LogP contribution in [0.25, 0.3) is 0 Å². The van der Waals surface area contributed by atoms with Crippen molar-refractivity contribution in [3.63, 3.8) is 0 Å². The van der Waals surface area contributed by atoms with Crippen molar-refractivity contribution >= 4 is 35.3 Å². The monoisotopic (exact) mass is 457 g/mol. The van der Waals surface area contributed by atoms with Crippen molar-refractivity contribution in [2.24, 2.45) is 5.10 Å². The number of alkyl halides is 1. The van der Waals surface area contributed by atoms with E-state index in [4.69, 9.17) is 21.1 Å². The van der Waals surface area contributed by atoms with E-state index < -0.39 is 0 Å². The lowest BCUT2D eigenvalue weighted by atomic mass is 10.2. The first kappa shape index (κ1) is 23.6. The van der Waals surface area contributed by atoms with Crippen LogP contribution in [0.1, 0.15) is 48.0 Å². The van der Waals surface area contributed by atoms with Gasteiger partial charge in [0, 0.05) is 30.6 Å². The highest BCUT2D eigenvalue weighted by Gasteiger charge is 2.18. The van der Waals surface area contributed by atoms with Crippen LogP contribution in [-0.2, 0) is 4.79 Å². The number of rotatable bonds is 9. The predicted octanol–water partition coefficient (Wildman–Crippen LogP) is 4.69. The fraction of sp³-hybridized carbons (Fsp3) is 0.375. The van der Waals surface area contributed by atoms with Crippen LogP contribution in [-0.4, -0.2) is 49.2 Å². The first-order chi connectivity index (χ1) is 15.5. The average Bonchev–Trinajstić information content (AvgIpc) is 3.31. The maximum absolute atomic E-state index is 12.7. The normalized spacial score (nSPS) is 13.8. The summed E-state index contributed by atoms with van der Waals surface area (Å²) < 4.78 is 11.5. The van der Waals surface area contributed by atoms with E-state index in [9.17, 15) is 9.59 Å². The van der Waals surface area contributed by atoms with Crippen molar-refractivity contribution in [2.45, 2.75) is 38.2 Å². The molecule has 8 heteroatoms. The Bertz CT molecular complexity index is 956. The second kappa shape index (κ2) is 11.5. The molecule has 0 saturated heterocycles. The molecule has 0 spiro atoms. The Hall–Kier alpha value is -3.06. The lowest BCUT2D eigenvalue weighted by Gasteiger charge is -2.16. The van der Waals surface area contributed by atoms with Gasteiger partial charge < -0.3 is 14.8 Å². The molecule has 1 aliphatic carbocycles. The molecule has 0 aliphatic heterocycles. The van der Waals surface area contributed by atoms with Crippen LogP contribution in [0.15, 0.2) is 47.6 Å². The highest BCUT2D eigenvalue weighted by Crippen LogP contribution is 2.32. The topological polar surface area (TPSA) is 80.2 Å². The van der Waals surface area contributed by atoms with Crippen LogP contribution in [0.5, 0.6) is 11.5 Å². The molecule has 0 bridgehead atoms. The van der Waals surface area contributed by atoms with Crippen molar-refractivity contribution in [2.75, 3.05) is 25.4 Å². The van der Waals surface area contributed by atoms with Gasteiger partial charge in [0.05, 0.1) is 19.4 Å². The third-order valence-corrected chi connectivity index (χ3v) is 5.38. The van der Waals surface area contributed by atoms with Gasteiger partial charge in [-0.05, 0) is 73.7 Å². The van der Waals surface area contributed by atoms with Crippen LogP contribution >= 0.6 is 11.6 Å². The van der Waals surface area contributed by atoms with E-state index in [2.05, 4.69) is 10.4 Å². The number of hydrogen-bond donors (Lipinski definition) is 1. The molecule has 1 aliphatic rings. The second-order valence-electron chi connectivity index (χ2n) is 7.57. The first-order valence-electron chi connectivity index (χ1n) is 10.6. The predicted molar refractivity (Wildman–Crippen MR) is 126 cm³/mol. The number of halogens is 1. The van der Waals surface area contributed by atoms with Gasteiger partial charge in [-0.25, -0.2) is 5.01 Å². The molecule has 0 heterocycles. The molecule has 170 valence electrons. The molecule has 1 saturated carbocycles. The number of benzene rings is 2. The van der Waals surface area contributed by atoms with Crippen LogP contribution in [0.3, 0.4) is 0 Å². The minimum absolute atomic E-state index is 0.170. The summed E-state index contributed by atoms with van der Waals surface area (Å²) in [5.41, 5.74) is 1.87. The highest BCUT2D eigenvalue weighted by molar-refractivity contribution is 6.19. The molecule has 32 heavy (non-hydrogen) atoms. The number of carbonyl (C=O) groups excluding carboxylic acids is 2. The fourth-order valence-corrected chi connectivity index (χ4v) is 3.62. The van der Waals surface area contributed by atoms with Crippen molar-refractivity contribution in [3.8, 4) is 11.5 Å². The summed E-state index contributed by atoms with van der Waals surface area (Å²) in [6.07, 6.45) is 6.52. The summed E-state index contributed by atoms with van der Waals surface area (Å²) in [5.74, 6) is 1.18. The molecule has 1 N–H and O–H groups in total. The van der Waals surface area contributed by atoms with Gasteiger partial charge in [-0.3, -0.25) is 9.59 Å². The third kappa shape index (κ3) is 6.47. The largest absolute Gasteiger partial charge is 0.493 e. The molecule has 0 unspecified atom stereocenters. The molecule has 3 rings (SSSR count). The van der Waals surface area contributed by atoms with Crippen molar-refractivity contribution in [3.05, 3.63) is 53.6 Å². The number of amides is 2. The quantitative estimate of drug-likeness (QED) is 0.336. The van der Waals surface area contributed by atoms with E-state index in [-0.39, 0.29) is 30.2 Å². The lowest BCUT2D eigenvalue weighted by molar-refractivity contribution is -0.115. The SMILES string of the molecule is COc1ccc(C=NN(C)C(=O)c2ccc(NC(=O)CCCl)cc2)cc1OC1CCCC1. The van der Waals surface area contributed by atoms with E-state index >= 15 is 0 Å². The van der Waals surface area contributed by atoms with Crippen molar-refractivity contribution in [1.29, 1.82) is 0 Å². The maximum Gasteiger partial charge on any atom is 0.273 e. The van der Waals surface area contributed by atoms with Crippen LogP contribution in [0.2, 0.25) is 0 Å². The van der Waals surface area contributed by atoms with Gasteiger partial charge in [0.25, 0.3) is 5.91 Å². The molecule has 0 radical (unpaired) electrons. The van der Waals surface area contributed by atoms with Gasteiger partial charge in [0.1, 0.15) is 0 Å². The zero-order valence-corrected chi connectivity index (χ0v) is 19.1. The Morgan fingerprint density at radius 2 is 1.88 bits per heavy atom. The molecule has 1 fully saturated rings. The van der Waals surface area contributed by atoms with Gasteiger partial charge >= 0.3 is 0 Å². The van der Waals surface area contributed by atoms with Gasteiger partial charge in [0.15, 0.2) is 11.5 Å². The zero-order valence-electron chi connectivity index (χ0n) is 18.3. The summed E-state index contributed by atoms with van der Waals surface area (Å²) in [4.78, 5) is 24.3. The molecular formula is C24H28ClN3O4. The van der Waals surface area contributed by atoms with Crippen LogP contribution in [0.4, 0.5) is 5.69 Å². The highest BCUT2D eigenvalue weighted by atomic mass is 35.5. The van der Waals surface area contributed by atoms with E-state index in [0.29, 0.717) is 22.7 Å². The van der Waals surface area contributed by atoms with Crippen LogP contribution in [0, 0.1) is 0 Å². The Kier molecular flexibility index (Phi) is 8.50. The summed E-state index contributed by atoms with van der Waals surface area (Å²) in [6.45, 7) is 0. The Labute approximate surface area is 193 Å². The molecular weight excluding hydrogens is 430 g/mol. The van der Waals surface area contributed by atoms with E-state index in [1.54, 1.807) is 44.6 Å². The number of nitrogens with one attached hydrogen (secondary N) is 1. The minimum Gasteiger partial charge on any atom is -0.493 e. The Balaban J connectivity index is 1.64. The first-order valence-corrected chi connectivity index (χ1v) is 11.2. The molecule has 0 atom stereocenters. The molecule has 2 aromatic carbocycles. The van der Waals surface area contributed by atoms with Gasteiger partial charge in [-0.2, -0.15) is 5.10 Å². The molecule has 0 aromatic heterocycles. The van der Waals surface area contributed by atoms with Gasteiger partial charge in [-0.15, -0.1) is 11.6 Å². The number of carbonyl (C=O) groups is 2. The van der Waals surface area contributed by atoms with Gasteiger partial charge in [-0.1, -0.05) is 0 Å². The average molecular weight is 458 g/mol. The molecule has 7 nitrogen and oxygen atoms in total. The number of methoxy groups -OCH3 is 1. The summed E-state index contributed by atoms with van der Waals surface area (Å²) in [5, 5.41) is 8.26. The Morgan fingerprint density at radius 3 is 2.53 bits per heavy atom. The van der Waals surface area contributed by atoms with Crippen molar-refractivity contribution < 1.29 is 19.1 Å². The number of hydrogen-bond acceptors (Lipinski definition) is 5.